The fourth-order valence-corrected chi connectivity index (χ4v) is 11.6. The first-order valence-corrected chi connectivity index (χ1v) is 45.4. The number of Topliss-reactive ketones (excluding diaryl/α,β-unsaturated/α-hetero) is 3. The van der Waals surface area contributed by atoms with Crippen LogP contribution in [-0.4, -0.2) is 254 Å². The van der Waals surface area contributed by atoms with E-state index in [1.165, 1.54) is 110 Å². The van der Waals surface area contributed by atoms with Gasteiger partial charge in [0.1, 0.15) is 17.3 Å². The van der Waals surface area contributed by atoms with Crippen LogP contribution in [0.25, 0.3) is 0 Å². The SMILES string of the molecule is CC(=O)C(C)(C)C.CC(=O)C(C)(C)C.CC(C)(C)C(=O)N1CCCCC1.CC(C)(C)C(=O)N1CCCCC1.CC(C)(C)CCN1CCCCC1.CC(C)(C)N1CCOCC1.CC(C)CNC(=O)C(C)(C)C.CCC(=O)C(C)(C)C.CN(Cc1ccccc1)C(=O)C(C)(C)C.CN1CCN(C(=O)C(C)(C)C)CC1.CN1CCN(C(C)(C)C)CC1. The number of ketones is 3. The zero-order valence-electron chi connectivity index (χ0n) is 85.3. The number of nitrogens with one attached hydrogen (secondary N) is 1. The average molecular weight is 1670 g/mol. The second-order valence-electron chi connectivity index (χ2n) is 45.4. The van der Waals surface area contributed by atoms with E-state index in [1.54, 1.807) is 18.7 Å². The summed E-state index contributed by atoms with van der Waals surface area (Å²) in [4.78, 5) is 110. The monoisotopic (exact) mass is 1670 g/mol. The Morgan fingerprint density at radius 3 is 0.966 bits per heavy atom. The summed E-state index contributed by atoms with van der Waals surface area (Å²) in [5, 5.41) is 2.88. The Hall–Kier alpha value is -4.66. The van der Waals surface area contributed by atoms with Gasteiger partial charge in [-0.1, -0.05) is 244 Å². The summed E-state index contributed by atoms with van der Waals surface area (Å²) < 4.78 is 5.25. The van der Waals surface area contributed by atoms with Crippen molar-refractivity contribution in [3.63, 3.8) is 0 Å². The third kappa shape index (κ3) is 61.6. The van der Waals surface area contributed by atoms with Crippen LogP contribution in [0.2, 0.25) is 0 Å². The molecule has 118 heavy (non-hydrogen) atoms. The van der Waals surface area contributed by atoms with Crippen molar-refractivity contribution >= 4 is 46.9 Å². The molecule has 19 heteroatoms. The molecule has 0 radical (unpaired) electrons. The van der Waals surface area contributed by atoms with Crippen LogP contribution in [-0.2, 0) is 49.6 Å². The fraction of sp³-hybridized carbons (Fsp3) is 0.859. The highest BCUT2D eigenvalue weighted by Crippen LogP contribution is 2.26. The molecule has 1 aromatic rings. The first-order chi connectivity index (χ1) is 53.2. The molecule has 19 nitrogen and oxygen atoms in total. The number of amides is 5. The summed E-state index contributed by atoms with van der Waals surface area (Å²) in [5.41, 5.74) is 0.776. The van der Waals surface area contributed by atoms with Crippen LogP contribution in [0, 0.1) is 54.7 Å². The number of nitrogens with zero attached hydrogens (tertiary/aromatic N) is 9. The molecule has 0 spiro atoms. The lowest BCUT2D eigenvalue weighted by Gasteiger charge is -2.41. The molecule has 0 aliphatic carbocycles. The van der Waals surface area contributed by atoms with E-state index in [0.717, 1.165) is 90.8 Å². The number of piperazine rings is 2. The van der Waals surface area contributed by atoms with E-state index in [2.05, 4.69) is 120 Å². The molecule has 7 rings (SSSR count). The highest BCUT2D eigenvalue weighted by molar-refractivity contribution is 5.84. The van der Waals surface area contributed by atoms with Gasteiger partial charge in [0.2, 0.25) is 29.5 Å². The van der Waals surface area contributed by atoms with Crippen LogP contribution >= 0.6 is 0 Å². The van der Waals surface area contributed by atoms with Crippen molar-refractivity contribution in [2.75, 3.05) is 152 Å². The normalized spacial score (nSPS) is 17.2. The van der Waals surface area contributed by atoms with Gasteiger partial charge >= 0.3 is 0 Å². The Labute approximate surface area is 729 Å². The van der Waals surface area contributed by atoms with Crippen LogP contribution in [0.4, 0.5) is 0 Å². The fourth-order valence-electron chi connectivity index (χ4n) is 11.6. The molecule has 0 atom stereocenters. The van der Waals surface area contributed by atoms with Crippen LogP contribution in [0.1, 0.15) is 339 Å². The Kier molecular flexibility index (Phi) is 57.0. The maximum atomic E-state index is 11.9. The number of hydrogen-bond donors (Lipinski definition) is 1. The zero-order chi connectivity index (χ0) is 93.0. The summed E-state index contributed by atoms with van der Waals surface area (Å²) in [5.74, 6) is 2.54. The number of rotatable bonds is 7. The van der Waals surface area contributed by atoms with Crippen LogP contribution in [0.15, 0.2) is 30.3 Å². The maximum Gasteiger partial charge on any atom is 0.228 e. The molecule has 0 unspecified atom stereocenters. The predicted octanol–water partition coefficient (Wildman–Crippen LogP) is 19.7. The number of morpholine rings is 1. The number of likely N-dealkylation sites (N-methyl/N-ethyl adjacent to an activating group) is 2. The van der Waals surface area contributed by atoms with Crippen molar-refractivity contribution in [1.29, 1.82) is 0 Å². The number of likely N-dealkylation sites (tertiary alicyclic amines) is 3. The van der Waals surface area contributed by atoms with Gasteiger partial charge in [-0.3, -0.25) is 48.2 Å². The largest absolute Gasteiger partial charge is 0.379 e. The lowest BCUT2D eigenvalue weighted by molar-refractivity contribution is -0.141. The van der Waals surface area contributed by atoms with Crippen molar-refractivity contribution in [1.82, 2.24) is 49.4 Å². The number of piperidine rings is 3. The Balaban J connectivity index is -0.000000610. The van der Waals surface area contributed by atoms with E-state index in [4.69, 9.17) is 4.74 Å². The molecule has 0 bridgehead atoms. The van der Waals surface area contributed by atoms with Gasteiger partial charge in [0.05, 0.1) is 13.2 Å². The Morgan fingerprint density at radius 1 is 0.398 bits per heavy atom. The topological polar surface area (TPSA) is 187 Å². The summed E-state index contributed by atoms with van der Waals surface area (Å²) >= 11 is 0. The predicted molar refractivity (Wildman–Crippen MR) is 503 cm³/mol. The van der Waals surface area contributed by atoms with Gasteiger partial charge in [0, 0.05) is 173 Å². The first-order valence-electron chi connectivity index (χ1n) is 45.4. The molecular weight excluding hydrogens is 1470 g/mol. The zero-order valence-corrected chi connectivity index (χ0v) is 85.3. The van der Waals surface area contributed by atoms with E-state index in [1.807, 2.05) is 225 Å². The lowest BCUT2D eigenvalue weighted by Crippen LogP contribution is -2.52. The summed E-state index contributed by atoms with van der Waals surface area (Å²) in [6.45, 7) is 98.6. The molecule has 1 N–H and O–H groups in total. The lowest BCUT2D eigenvalue weighted by atomic mass is 9.90. The maximum absolute atomic E-state index is 11.9. The molecule has 6 aliphatic rings. The van der Waals surface area contributed by atoms with Gasteiger partial charge < -0.3 is 44.4 Å². The minimum Gasteiger partial charge on any atom is -0.379 e. The van der Waals surface area contributed by atoms with Gasteiger partial charge in [-0.25, -0.2) is 0 Å². The molecule has 6 saturated heterocycles. The minimum absolute atomic E-state index is 0.130. The number of carbonyl (C=O) groups excluding carboxylic acids is 8. The molecule has 5 amide bonds. The summed E-state index contributed by atoms with van der Waals surface area (Å²) in [6.07, 6.45) is 13.6. The second kappa shape index (κ2) is 56.3. The second-order valence-corrected chi connectivity index (χ2v) is 45.4. The van der Waals surface area contributed by atoms with Crippen molar-refractivity contribution in [3.05, 3.63) is 35.9 Å². The molecule has 1 aromatic carbocycles. The third-order valence-corrected chi connectivity index (χ3v) is 20.9. The van der Waals surface area contributed by atoms with Crippen molar-refractivity contribution in [3.8, 4) is 0 Å². The minimum atomic E-state index is -0.302. The molecule has 0 aromatic heterocycles. The highest BCUT2D eigenvalue weighted by Gasteiger charge is 2.33. The average Bonchev–Trinajstić information content (AvgIpc) is 0.862. The smallest absolute Gasteiger partial charge is 0.228 e. The number of benzene rings is 1. The Morgan fingerprint density at radius 2 is 0.712 bits per heavy atom. The molecule has 6 aliphatic heterocycles. The first kappa shape index (κ1) is 120. The van der Waals surface area contributed by atoms with Gasteiger partial charge in [-0.15, -0.1) is 0 Å². The van der Waals surface area contributed by atoms with Crippen molar-refractivity contribution in [2.45, 2.75) is 351 Å². The van der Waals surface area contributed by atoms with E-state index >= 15 is 0 Å². The molecule has 0 saturated carbocycles. The summed E-state index contributed by atoms with van der Waals surface area (Å²) in [7, 11) is 6.14. The van der Waals surface area contributed by atoms with E-state index in [9.17, 15) is 38.4 Å². The number of ether oxygens (including phenoxy) is 1. The van der Waals surface area contributed by atoms with Crippen LogP contribution in [0.5, 0.6) is 0 Å². The van der Waals surface area contributed by atoms with Gasteiger partial charge in [-0.2, -0.15) is 0 Å². The van der Waals surface area contributed by atoms with Crippen molar-refractivity contribution < 1.29 is 43.1 Å². The number of carbonyl (C=O) groups is 8. The van der Waals surface area contributed by atoms with E-state index in [-0.39, 0.29) is 72.6 Å². The number of hydrogen-bond acceptors (Lipinski definition) is 14. The molecule has 694 valence electrons. The quantitative estimate of drug-likeness (QED) is 0.272. The van der Waals surface area contributed by atoms with Crippen LogP contribution < -0.4 is 5.32 Å². The highest BCUT2D eigenvalue weighted by atomic mass is 16.5. The van der Waals surface area contributed by atoms with Crippen LogP contribution in [0.3, 0.4) is 0 Å². The standard InChI is InChI=1S/C13H19NO.C11H23N.C10H20N2O.2C10H19NO.C9H20N2.C9H19NO.C8H17NO.C7H14O.2C6H12O/c1-13(2,3)12(15)14(4)10-11-8-6-5-7-9-11;1-11(2,3)7-10-12-8-5-4-6-9-12;1-10(2,3)9(13)12-7-5-11(4)6-8-12;2*1-10(2,3)9(12)11-7-5-4-6-8-11;1-9(2,3)11-7-5-10(4)6-8-11;1-7(2)6-10-8(11)9(3,4)5;1-8(2,3)9-4-6-10-7-5-9;1-5-6(8)7(2,3)4;2*1-5(7)6(2,3)4/h5-9H,10H2,1-4H3;4-10H2,1-3H3;5-8H2,1-4H3;2*4-8H2,1-3H3;5-8H2,1-4H3;7H,6H2,1-5H3,(H,10,11);4-7H2,1-3H3;5H2,1-4H3;2*1-4H3. The third-order valence-electron chi connectivity index (χ3n) is 20.9. The Bertz CT molecular complexity index is 2820. The van der Waals surface area contributed by atoms with Gasteiger partial charge in [0.25, 0.3) is 0 Å². The van der Waals surface area contributed by atoms with E-state index in [0.29, 0.717) is 53.0 Å². The molecule has 6 heterocycles. The molecule has 6 fully saturated rings. The van der Waals surface area contributed by atoms with Gasteiger partial charge in [-0.05, 0) is 164 Å². The van der Waals surface area contributed by atoms with Gasteiger partial charge in [0.15, 0.2) is 0 Å². The summed E-state index contributed by atoms with van der Waals surface area (Å²) in [6, 6.07) is 10.0. The van der Waals surface area contributed by atoms with E-state index < -0.39 is 0 Å². The van der Waals surface area contributed by atoms with Crippen molar-refractivity contribution in [2.24, 2.45) is 54.7 Å². The molecular formula is C99H194N10O9.